The lowest BCUT2D eigenvalue weighted by Crippen LogP contribution is -2.39. The Kier molecular flexibility index (Phi) is 33.7. The van der Waals surface area contributed by atoms with Crippen molar-refractivity contribution in [3.05, 3.63) is 215 Å². The Morgan fingerprint density at radius 1 is 0.517 bits per heavy atom. The number of carbonyl (C=O) groups excluding carboxylic acids is 3. The number of halogens is 4. The number of nitrogens with one attached hydrogen (secondary N) is 3. The molecule has 2 aromatic carbocycles. The van der Waals surface area contributed by atoms with E-state index >= 15 is 4.39 Å². The molecule has 35 nitrogen and oxygen atoms in total. The molecule has 0 saturated carbocycles. The fraction of sp³-hybridized carbons (Fsp3) is 0.333. The predicted octanol–water partition coefficient (Wildman–Crippen LogP) is 11.3. The van der Waals surface area contributed by atoms with Gasteiger partial charge in [-0.1, -0.05) is 56.1 Å². The van der Waals surface area contributed by atoms with Crippen molar-refractivity contribution in [2.24, 2.45) is 21.1 Å². The van der Waals surface area contributed by atoms with Crippen molar-refractivity contribution < 1.29 is 67.3 Å². The van der Waals surface area contributed by atoms with Gasteiger partial charge in [0.25, 0.3) is 22.2 Å². The summed E-state index contributed by atoms with van der Waals surface area (Å²) in [7, 11) is 4.50. The molecular weight excluding hydrogens is 1670 g/mol. The lowest BCUT2D eigenvalue weighted by atomic mass is 9.86. The summed E-state index contributed by atoms with van der Waals surface area (Å²) in [6.45, 7) is 24.1. The van der Waals surface area contributed by atoms with Crippen molar-refractivity contribution in [1.29, 1.82) is 0 Å². The number of esters is 3. The van der Waals surface area contributed by atoms with E-state index in [-0.39, 0.29) is 104 Å². The van der Waals surface area contributed by atoms with Gasteiger partial charge < -0.3 is 75.9 Å². The van der Waals surface area contributed by atoms with Gasteiger partial charge in [-0.05, 0) is 165 Å². The van der Waals surface area contributed by atoms with Gasteiger partial charge in [-0.3, -0.25) is 24.0 Å². The zero-order chi connectivity index (χ0) is 88.1. The van der Waals surface area contributed by atoms with Crippen LogP contribution in [0.4, 0.5) is 50.5 Å². The molecule has 10 N–H and O–H groups in total. The summed E-state index contributed by atoms with van der Waals surface area (Å²) in [6.07, 6.45) is 8.61. The second kappa shape index (κ2) is 42.1. The molecule has 0 radical (unpaired) electrons. The quantitative estimate of drug-likeness (QED) is 0.0206. The number of rotatable bonds is 24. The van der Waals surface area contributed by atoms with Gasteiger partial charge in [0.15, 0.2) is 21.5 Å². The zero-order valence-electron chi connectivity index (χ0n) is 69.0. The second-order valence-corrected chi connectivity index (χ2v) is 30.0. The number of hydrogen-bond acceptors (Lipinski definition) is 31. The molecule has 0 saturated heterocycles. The molecule has 11 aromatic rings. The molecule has 9 aromatic heterocycles. The van der Waals surface area contributed by atoms with E-state index in [1.807, 2.05) is 20.8 Å². The number of nitrogens with two attached hydrogens (primary N) is 2. The number of fused-ring (bicyclic) bond motifs is 1. The minimum atomic E-state index is -1.14. The molecule has 0 aliphatic heterocycles. The molecule has 0 aliphatic rings. The summed E-state index contributed by atoms with van der Waals surface area (Å²) in [6, 6.07) is 28.6. The van der Waals surface area contributed by atoms with Crippen LogP contribution in [0.3, 0.4) is 0 Å². The first-order chi connectivity index (χ1) is 55.8. The van der Waals surface area contributed by atoms with Crippen molar-refractivity contribution in [1.82, 2.24) is 64.0 Å². The van der Waals surface area contributed by atoms with Crippen LogP contribution in [-0.2, 0) is 61.8 Å². The Balaban J connectivity index is 0.000000260. The van der Waals surface area contributed by atoms with Crippen molar-refractivity contribution in [3.63, 3.8) is 0 Å². The number of aliphatic hydroxyl groups excluding tert-OH is 2. The summed E-state index contributed by atoms with van der Waals surface area (Å²) in [5.41, 5.74) is 7.57. The van der Waals surface area contributed by atoms with Crippen LogP contribution in [0.2, 0.25) is 10.3 Å². The molecule has 0 spiro atoms. The van der Waals surface area contributed by atoms with Crippen LogP contribution in [0.25, 0.3) is 27.7 Å². The molecule has 0 aliphatic carbocycles. The highest BCUT2D eigenvalue weighted by Gasteiger charge is 2.33. The fourth-order valence-corrected chi connectivity index (χ4v) is 10.6. The maximum absolute atomic E-state index is 15.5. The Morgan fingerprint density at radius 3 is 1.32 bits per heavy atom. The molecule has 0 fully saturated rings. The van der Waals surface area contributed by atoms with Gasteiger partial charge in [-0.15, -0.1) is 17.0 Å². The van der Waals surface area contributed by atoms with E-state index in [9.17, 15) is 43.8 Å². The molecule has 39 heteroatoms. The van der Waals surface area contributed by atoms with Gasteiger partial charge in [-0.2, -0.15) is 25.1 Å². The number of carbonyl (C=O) groups is 3. The first kappa shape index (κ1) is 96.1. The molecule has 0 amide bonds. The van der Waals surface area contributed by atoms with Gasteiger partial charge >= 0.3 is 17.9 Å². The van der Waals surface area contributed by atoms with E-state index < -0.39 is 57.2 Å². The van der Waals surface area contributed by atoms with Crippen LogP contribution in [0.15, 0.2) is 166 Å². The largest absolute Gasteiger partial charge is 0.506 e. The molecule has 9 heterocycles. The van der Waals surface area contributed by atoms with E-state index in [1.54, 1.807) is 142 Å². The molecule has 120 heavy (non-hydrogen) atoms. The minimum absolute atomic E-state index is 0. The third kappa shape index (κ3) is 27.7. The van der Waals surface area contributed by atoms with Crippen molar-refractivity contribution in [2.45, 2.75) is 131 Å². The summed E-state index contributed by atoms with van der Waals surface area (Å²) in [5.74, 6) is 1.90. The SMILES string of the molecule is Br.CC(=O)OCc1c(-c2cc(Nc3ccc(OC(C)(C)CO)cn3)c(=O)n(C)n2)cccc1-n1ncc2cc(C(C)(C)C)cc(F)c2c1=O.CCOC(=O)C(C)(C)Oc1ccc(N)nc1.CCOC(=O)C(C)(C)Oc1ccc(Nc2cc(Cl)nn(C)c2=O)nc1.Cn1nc(Cl)cc(Nc2ccc(OC(C)(C)CO)cn2)c1=O.Nc1ccc(O)cn1. The van der Waals surface area contributed by atoms with Gasteiger partial charge in [0.2, 0.25) is 0 Å². The third-order valence-corrected chi connectivity index (χ3v) is 16.6. The minimum Gasteiger partial charge on any atom is -0.506 e. The highest BCUT2D eigenvalue weighted by Crippen LogP contribution is 2.33. The highest BCUT2D eigenvalue weighted by atomic mass is 79.9. The number of aromatic hydroxyl groups is 1. The van der Waals surface area contributed by atoms with E-state index in [4.69, 9.17) is 72.9 Å². The number of nitrogens with zero attached hydrogens (tertiary/aromatic N) is 13. The first-order valence-electron chi connectivity index (χ1n) is 36.5. The van der Waals surface area contributed by atoms with Gasteiger partial charge in [0.05, 0.1) is 80.4 Å². The Hall–Kier alpha value is -12.7. The van der Waals surface area contributed by atoms with Gasteiger partial charge in [-0.25, -0.2) is 52.9 Å². The molecular formula is C81H96BrCl2FN18O17. The number of anilines is 8. The number of hydrogen-bond donors (Lipinski definition) is 8. The summed E-state index contributed by atoms with van der Waals surface area (Å²) in [4.78, 5) is 106. The lowest BCUT2D eigenvalue weighted by Gasteiger charge is -2.23. The maximum atomic E-state index is 15.5. The van der Waals surface area contributed by atoms with Crippen LogP contribution in [0.1, 0.15) is 108 Å². The first-order valence-corrected chi connectivity index (χ1v) is 37.3. The van der Waals surface area contributed by atoms with Crippen LogP contribution < -0.4 is 68.6 Å². The van der Waals surface area contributed by atoms with Gasteiger partial charge in [0, 0.05) is 56.7 Å². The average molecular weight is 1760 g/mol. The van der Waals surface area contributed by atoms with Crippen LogP contribution in [0.5, 0.6) is 28.7 Å². The van der Waals surface area contributed by atoms with E-state index in [2.05, 4.69) is 61.3 Å². The number of benzene rings is 2. The number of ether oxygens (including phenoxy) is 7. The van der Waals surface area contributed by atoms with E-state index in [0.717, 1.165) is 24.3 Å². The number of aromatic nitrogens is 13. The molecule has 0 bridgehead atoms. The maximum Gasteiger partial charge on any atom is 0.349 e. The van der Waals surface area contributed by atoms with Crippen LogP contribution in [-0.4, -0.2) is 146 Å². The number of pyridine rings is 5. The van der Waals surface area contributed by atoms with Crippen LogP contribution >= 0.6 is 40.2 Å². The summed E-state index contributed by atoms with van der Waals surface area (Å²) in [5, 5.41) is 53.1. The number of nitrogen functional groups attached to an aromatic ring is 2. The fourth-order valence-electron chi connectivity index (χ4n) is 10.1. The van der Waals surface area contributed by atoms with E-state index in [0.29, 0.717) is 80.9 Å². The zero-order valence-corrected chi connectivity index (χ0v) is 72.2. The molecule has 640 valence electrons. The normalized spacial score (nSPS) is 11.2. The second-order valence-electron chi connectivity index (χ2n) is 29.2. The van der Waals surface area contributed by atoms with E-state index in [1.165, 1.54) is 102 Å². The Bertz CT molecular complexity index is 5580. The highest BCUT2D eigenvalue weighted by molar-refractivity contribution is 8.93. The third-order valence-electron chi connectivity index (χ3n) is 16.3. The van der Waals surface area contributed by atoms with Crippen molar-refractivity contribution >= 4 is 115 Å². The molecule has 11 rings (SSSR count). The topological polar surface area (TPSA) is 469 Å². The van der Waals surface area contributed by atoms with Gasteiger partial charge in [0.1, 0.15) is 98.5 Å². The average Bonchev–Trinajstić information content (AvgIpc) is 0.754. The summed E-state index contributed by atoms with van der Waals surface area (Å²) >= 11 is 11.7. The Labute approximate surface area is 709 Å². The number of aliphatic hydroxyl groups is 2. The molecule has 0 unspecified atom stereocenters. The monoisotopic (exact) mass is 1760 g/mol. The van der Waals surface area contributed by atoms with Crippen molar-refractivity contribution in [2.75, 3.05) is 53.8 Å². The molecule has 0 atom stereocenters. The van der Waals surface area contributed by atoms with Crippen LogP contribution in [0, 0.1) is 5.82 Å². The van der Waals surface area contributed by atoms with Crippen molar-refractivity contribution in [3.8, 4) is 45.7 Å². The number of aryl methyl sites for hydroxylation is 3. The smallest absolute Gasteiger partial charge is 0.349 e. The lowest BCUT2D eigenvalue weighted by molar-refractivity contribution is -0.159. The summed E-state index contributed by atoms with van der Waals surface area (Å²) < 4.78 is 57.6. The Morgan fingerprint density at radius 2 is 0.933 bits per heavy atom. The standard InChI is InChI=1S/C35H37FN6O6.C16H19ClN4O4.C14H17ClN4O3.C11H16N2O3.C5H6N2O.BrH/c1-20(44)47-18-25-24(9-8-10-29(25)42-33(46)31-21(16-38-42)13-22(14-26(31)36)34(2,3)4)27-15-28(32(45)41(7)40-27)39-30-12-11-23(17-37-30)48-35(5,6)19-43;1-5-24-15(23)16(2,3)25-10-6-7-13(18-9-10)19-11-8-12(17)20-21(4)14(11)22;1-14(2,8-20)22-9-4-5-12(16-7-9)17-10-6-11(15)18-19(3)13(10)21;1-4-15-10(14)11(2,3)16-8-5-6-9(12)13-7-8;6-5-2-1-4(8)3-7-5;/h8-17,43H,18-19H2,1-7H3,(H,37,39);6-9H,5H2,1-4H3,(H,18,19);4-7,20H,8H2,1-3H3,(H,16,17);5-7H,4H2,1-3H3,(H2,12,13);1-3,8H,(H2,6,7);1H. The predicted molar refractivity (Wildman–Crippen MR) is 457 cm³/mol.